The molecule has 6 aromatic carbocycles. The SMILES string of the molecule is CC(C)(C)CC(C)(C)c1cc(-n2nc3cc4[nH]c(=O)sc4cc3n2)c(O)c(C(C)(C)c2ccccc2)c1.CC(C)(C)CC(C)(C)c1cc(N=Nc2cc3sc(=O)[nH]c3cc2Cl)c(O)c(C(C)(C)c2ccccc2)c1. The fourth-order valence-corrected chi connectivity index (χ4v) is 12.4. The van der Waals surface area contributed by atoms with Gasteiger partial charge in [-0.25, -0.2) is 0 Å². The van der Waals surface area contributed by atoms with Crippen molar-refractivity contribution in [2.24, 2.45) is 21.1 Å². The zero-order valence-corrected chi connectivity index (χ0v) is 47.3. The molecule has 0 aliphatic carbocycles. The van der Waals surface area contributed by atoms with E-state index >= 15 is 0 Å². The molecule has 3 aromatic heterocycles. The van der Waals surface area contributed by atoms with Crippen molar-refractivity contribution in [1.82, 2.24) is 25.0 Å². The molecule has 74 heavy (non-hydrogen) atoms. The Morgan fingerprint density at radius 3 is 1.46 bits per heavy atom. The van der Waals surface area contributed by atoms with Gasteiger partial charge >= 0.3 is 9.75 Å². The van der Waals surface area contributed by atoms with E-state index in [4.69, 9.17) is 21.8 Å². The summed E-state index contributed by atoms with van der Waals surface area (Å²) in [7, 11) is 0. The lowest BCUT2D eigenvalue weighted by atomic mass is 9.70. The average Bonchev–Trinajstić information content (AvgIpc) is 4.00. The lowest BCUT2D eigenvalue weighted by molar-refractivity contribution is 0.283. The molecule has 0 saturated carbocycles. The van der Waals surface area contributed by atoms with E-state index in [-0.39, 0.29) is 42.9 Å². The van der Waals surface area contributed by atoms with Gasteiger partial charge in [0.2, 0.25) is 0 Å². The van der Waals surface area contributed by atoms with E-state index in [0.29, 0.717) is 38.6 Å². The molecule has 11 nitrogen and oxygen atoms in total. The Kier molecular flexibility index (Phi) is 14.3. The summed E-state index contributed by atoms with van der Waals surface area (Å²) in [5, 5.41) is 42.0. The number of benzene rings is 6. The van der Waals surface area contributed by atoms with Crippen molar-refractivity contribution in [3.05, 3.63) is 167 Å². The van der Waals surface area contributed by atoms with E-state index in [2.05, 4.69) is 154 Å². The minimum absolute atomic E-state index is 0.0939. The van der Waals surface area contributed by atoms with Gasteiger partial charge in [0.15, 0.2) is 0 Å². The fraction of sp³-hybridized carbons (Fsp3) is 0.367. The first-order valence-corrected chi connectivity index (χ1v) is 26.9. The molecular weight excluding hydrogens is 982 g/mol. The molecule has 0 aliphatic heterocycles. The van der Waals surface area contributed by atoms with Gasteiger partial charge in [0.05, 0.1) is 25.5 Å². The summed E-state index contributed by atoms with van der Waals surface area (Å²) in [6.45, 7) is 30.9. The van der Waals surface area contributed by atoms with E-state index in [1.165, 1.54) is 4.80 Å². The topological polar surface area (TPSA) is 162 Å². The maximum atomic E-state index is 11.8. The van der Waals surface area contributed by atoms with E-state index < -0.39 is 10.8 Å². The van der Waals surface area contributed by atoms with E-state index in [1.807, 2.05) is 60.7 Å². The Bertz CT molecular complexity index is 3620. The van der Waals surface area contributed by atoms with Crippen LogP contribution in [0.4, 0.5) is 11.4 Å². The summed E-state index contributed by atoms with van der Waals surface area (Å²) in [5.41, 5.74) is 9.12. The molecule has 9 rings (SSSR count). The number of aromatic hydroxyl groups is 2. The third-order valence-electron chi connectivity index (χ3n) is 13.9. The Morgan fingerprint density at radius 1 is 0.527 bits per heavy atom. The van der Waals surface area contributed by atoms with Crippen LogP contribution in [0.25, 0.3) is 37.2 Å². The first kappa shape index (κ1) is 53.9. The summed E-state index contributed by atoms with van der Waals surface area (Å²) in [4.78, 5) is 30.4. The number of hydrogen-bond acceptors (Lipinski definition) is 10. The monoisotopic (exact) mass is 1050 g/mol. The first-order chi connectivity index (χ1) is 34.4. The second-order valence-electron chi connectivity index (χ2n) is 24.4. The van der Waals surface area contributed by atoms with Crippen LogP contribution in [-0.2, 0) is 21.7 Å². The fourth-order valence-electron chi connectivity index (χ4n) is 10.7. The van der Waals surface area contributed by atoms with Crippen LogP contribution in [-0.4, -0.2) is 35.2 Å². The number of nitrogens with one attached hydrogen (secondary N) is 2. The van der Waals surface area contributed by atoms with Gasteiger partial charge in [-0.3, -0.25) is 9.59 Å². The highest BCUT2D eigenvalue weighted by Gasteiger charge is 2.35. The third-order valence-corrected chi connectivity index (χ3v) is 15.9. The summed E-state index contributed by atoms with van der Waals surface area (Å²) in [6, 6.07) is 35.8. The van der Waals surface area contributed by atoms with Crippen molar-refractivity contribution in [2.45, 2.75) is 131 Å². The molecule has 3 heterocycles. The van der Waals surface area contributed by atoms with Crippen molar-refractivity contribution >= 4 is 77.1 Å². The van der Waals surface area contributed by atoms with Crippen LogP contribution in [0.5, 0.6) is 11.5 Å². The van der Waals surface area contributed by atoms with Gasteiger partial charge in [0, 0.05) is 22.0 Å². The molecule has 0 unspecified atom stereocenters. The van der Waals surface area contributed by atoms with Crippen molar-refractivity contribution < 1.29 is 10.2 Å². The van der Waals surface area contributed by atoms with Crippen LogP contribution < -0.4 is 9.75 Å². The number of thiazole rings is 2. The number of halogens is 1. The van der Waals surface area contributed by atoms with Gasteiger partial charge in [-0.05, 0) is 93.2 Å². The smallest absolute Gasteiger partial charge is 0.305 e. The number of aromatic amines is 2. The number of aromatic nitrogens is 5. The van der Waals surface area contributed by atoms with Crippen LogP contribution in [0.15, 0.2) is 129 Å². The minimum atomic E-state index is -0.475. The predicted molar refractivity (Wildman–Crippen MR) is 308 cm³/mol. The predicted octanol–water partition coefficient (Wildman–Crippen LogP) is 16.5. The van der Waals surface area contributed by atoms with Crippen molar-refractivity contribution in [3.8, 4) is 17.2 Å². The van der Waals surface area contributed by atoms with E-state index in [1.54, 1.807) is 12.1 Å². The average molecular weight is 1050 g/mol. The normalized spacial score (nSPS) is 13.1. The maximum absolute atomic E-state index is 11.8. The van der Waals surface area contributed by atoms with Gasteiger partial charge in [-0.1, -0.05) is 204 Å². The zero-order chi connectivity index (χ0) is 53.9. The second-order valence-corrected chi connectivity index (χ2v) is 26.8. The van der Waals surface area contributed by atoms with Gasteiger partial charge in [-0.15, -0.1) is 25.2 Å². The van der Waals surface area contributed by atoms with Crippen LogP contribution >= 0.6 is 34.3 Å². The molecule has 4 N–H and O–H groups in total. The second kappa shape index (κ2) is 19.7. The molecule has 0 bridgehead atoms. The number of phenols is 2. The molecular formula is C60H68ClN7O4S2. The number of H-pyrrole nitrogens is 2. The highest BCUT2D eigenvalue weighted by atomic mass is 35.5. The minimum Gasteiger partial charge on any atom is -0.505 e. The summed E-state index contributed by atoms with van der Waals surface area (Å²) >= 11 is 8.69. The Labute approximate surface area is 446 Å². The van der Waals surface area contributed by atoms with Crippen LogP contribution in [0.3, 0.4) is 0 Å². The van der Waals surface area contributed by atoms with Gasteiger partial charge < -0.3 is 20.2 Å². The number of nitrogens with zero attached hydrogens (tertiary/aromatic N) is 5. The molecule has 0 saturated heterocycles. The number of azo groups is 1. The standard InChI is InChI=1S/C30H34ClN3O2S.C30H34N4O2S/c1-28(2,3)17-29(4,5)19-13-20(30(6,7)18-11-9-8-10-12-18)26(35)24(14-19)34-33-22-16-25-23(15-21(22)31)32-27(36)37-25;1-28(2,3)17-29(4,5)19-13-20(30(6,7)18-11-9-8-10-12-18)26(35)24(14-19)34-32-21-15-23-25(16-22(21)33-34)37-27(36)31-23/h8-16,35H,17H2,1-7H3,(H,32,36);8-16,35H,17H2,1-7H3,(H,31,36). The highest BCUT2D eigenvalue weighted by Crippen LogP contribution is 2.48. The van der Waals surface area contributed by atoms with Crippen LogP contribution in [0, 0.1) is 10.8 Å². The number of hydrogen-bond donors (Lipinski definition) is 4. The largest absolute Gasteiger partial charge is 0.505 e. The quantitative estimate of drug-likeness (QED) is 0.0943. The van der Waals surface area contributed by atoms with Crippen LogP contribution in [0.1, 0.15) is 143 Å². The van der Waals surface area contributed by atoms with Gasteiger partial charge in [0.1, 0.15) is 39.6 Å². The van der Waals surface area contributed by atoms with Crippen LogP contribution in [0.2, 0.25) is 5.02 Å². The van der Waals surface area contributed by atoms with E-state index in [9.17, 15) is 19.8 Å². The molecule has 0 radical (unpaired) electrons. The van der Waals surface area contributed by atoms with E-state index in [0.717, 1.165) is 83.8 Å². The lowest BCUT2D eigenvalue weighted by Gasteiger charge is -2.35. The summed E-state index contributed by atoms with van der Waals surface area (Å²) in [5.74, 6) is 0.260. The highest BCUT2D eigenvalue weighted by molar-refractivity contribution is 7.16. The molecule has 14 heteroatoms. The molecule has 0 fully saturated rings. The van der Waals surface area contributed by atoms with Gasteiger partial charge in [-0.2, -0.15) is 0 Å². The van der Waals surface area contributed by atoms with Crippen molar-refractivity contribution in [1.29, 1.82) is 0 Å². The zero-order valence-electron chi connectivity index (χ0n) is 44.9. The maximum Gasteiger partial charge on any atom is 0.305 e. The Hall–Kier alpha value is -6.41. The number of fused-ring (bicyclic) bond motifs is 3. The summed E-state index contributed by atoms with van der Waals surface area (Å²) < 4.78 is 1.58. The van der Waals surface area contributed by atoms with Gasteiger partial charge in [0.25, 0.3) is 0 Å². The summed E-state index contributed by atoms with van der Waals surface area (Å²) in [6.07, 6.45) is 1.91. The molecule has 0 atom stereocenters. The first-order valence-electron chi connectivity index (χ1n) is 24.9. The molecule has 0 spiro atoms. The van der Waals surface area contributed by atoms with Crippen molar-refractivity contribution in [2.75, 3.05) is 0 Å². The number of phenolic OH excluding ortho intramolecular Hbond substituents is 2. The lowest BCUT2D eigenvalue weighted by Crippen LogP contribution is -2.27. The Morgan fingerprint density at radius 2 is 0.959 bits per heavy atom. The molecule has 386 valence electrons. The number of rotatable bonds is 11. The van der Waals surface area contributed by atoms with Crippen molar-refractivity contribution in [3.63, 3.8) is 0 Å². The Balaban J connectivity index is 0.000000197. The molecule has 9 aromatic rings. The third kappa shape index (κ3) is 11.4. The molecule has 0 aliphatic rings. The molecule has 0 amide bonds.